The second kappa shape index (κ2) is 11.7. The number of amides is 1. The molecule has 9 heteroatoms. The van der Waals surface area contributed by atoms with Gasteiger partial charge < -0.3 is 15.8 Å². The maximum absolute atomic E-state index is 13.1. The third kappa shape index (κ3) is 6.15. The SMILES string of the molecule is CCCCC(CN)NC(=O)c1ccc(CC)c(S(=O)(=O)N2CCOCC2)c1.Cl. The Bertz CT molecular complexity index is 737. The van der Waals surface area contributed by atoms with Crippen LogP contribution in [0.4, 0.5) is 0 Å². The first-order valence-electron chi connectivity index (χ1n) is 9.65. The molecule has 1 atom stereocenters. The summed E-state index contributed by atoms with van der Waals surface area (Å²) in [5, 5.41) is 2.92. The largest absolute Gasteiger partial charge is 0.379 e. The molecule has 1 heterocycles. The van der Waals surface area contributed by atoms with Crippen LogP contribution in [0, 0.1) is 0 Å². The van der Waals surface area contributed by atoms with Gasteiger partial charge in [-0.3, -0.25) is 4.79 Å². The van der Waals surface area contributed by atoms with Crippen LogP contribution in [0.3, 0.4) is 0 Å². The highest BCUT2D eigenvalue weighted by Gasteiger charge is 2.29. The lowest BCUT2D eigenvalue weighted by atomic mass is 10.1. The number of nitrogens with zero attached hydrogens (tertiary/aromatic N) is 1. The highest BCUT2D eigenvalue weighted by molar-refractivity contribution is 7.89. The van der Waals surface area contributed by atoms with Gasteiger partial charge in [-0.05, 0) is 30.5 Å². The van der Waals surface area contributed by atoms with Crippen LogP contribution in [-0.2, 0) is 21.2 Å². The smallest absolute Gasteiger partial charge is 0.251 e. The molecule has 0 spiro atoms. The summed E-state index contributed by atoms with van der Waals surface area (Å²) >= 11 is 0. The standard InChI is InChI=1S/C19H31N3O4S.ClH/c1-3-5-6-17(14-20)21-19(23)16-8-7-15(4-2)18(13-16)27(24,25)22-9-11-26-12-10-22;/h7-8,13,17H,3-6,9-12,14,20H2,1-2H3,(H,21,23);1H. The lowest BCUT2D eigenvalue weighted by Crippen LogP contribution is -2.41. The van der Waals surface area contributed by atoms with Crippen molar-refractivity contribution >= 4 is 28.3 Å². The molecule has 0 aliphatic carbocycles. The molecule has 1 aromatic rings. The number of nitrogens with two attached hydrogens (primary N) is 1. The number of carbonyl (C=O) groups is 1. The summed E-state index contributed by atoms with van der Waals surface area (Å²) < 4.78 is 32.8. The fraction of sp³-hybridized carbons (Fsp3) is 0.632. The van der Waals surface area contributed by atoms with E-state index in [1.54, 1.807) is 12.1 Å². The van der Waals surface area contributed by atoms with Crippen molar-refractivity contribution in [1.82, 2.24) is 9.62 Å². The monoisotopic (exact) mass is 433 g/mol. The Kier molecular flexibility index (Phi) is 10.4. The van der Waals surface area contributed by atoms with Gasteiger partial charge in [0.2, 0.25) is 10.0 Å². The van der Waals surface area contributed by atoms with E-state index >= 15 is 0 Å². The molecule has 160 valence electrons. The van der Waals surface area contributed by atoms with E-state index in [0.29, 0.717) is 50.4 Å². The van der Waals surface area contributed by atoms with Gasteiger partial charge in [-0.1, -0.05) is 32.8 Å². The highest BCUT2D eigenvalue weighted by atomic mass is 35.5. The van der Waals surface area contributed by atoms with E-state index in [4.69, 9.17) is 10.5 Å². The number of hydrogen-bond acceptors (Lipinski definition) is 5. The van der Waals surface area contributed by atoms with Crippen LogP contribution in [0.1, 0.15) is 49.0 Å². The number of hydrogen-bond donors (Lipinski definition) is 2. The molecular formula is C19H32ClN3O4S. The van der Waals surface area contributed by atoms with Crippen LogP contribution in [0.15, 0.2) is 23.1 Å². The normalized spacial score (nSPS) is 16.2. The minimum absolute atomic E-state index is 0. The summed E-state index contributed by atoms with van der Waals surface area (Å²) in [5.74, 6) is -0.289. The molecule has 1 aliphatic rings. The van der Waals surface area contributed by atoms with Crippen LogP contribution >= 0.6 is 12.4 Å². The van der Waals surface area contributed by atoms with Crippen molar-refractivity contribution in [3.63, 3.8) is 0 Å². The van der Waals surface area contributed by atoms with Crippen molar-refractivity contribution in [1.29, 1.82) is 0 Å². The highest BCUT2D eigenvalue weighted by Crippen LogP contribution is 2.23. The van der Waals surface area contributed by atoms with E-state index in [2.05, 4.69) is 12.2 Å². The number of rotatable bonds is 9. The van der Waals surface area contributed by atoms with Crippen LogP contribution in [0.2, 0.25) is 0 Å². The van der Waals surface area contributed by atoms with E-state index in [1.807, 2.05) is 6.92 Å². The Balaban J connectivity index is 0.00000392. The van der Waals surface area contributed by atoms with E-state index in [9.17, 15) is 13.2 Å². The Hall–Kier alpha value is -1.19. The number of unbranched alkanes of at least 4 members (excludes halogenated alkanes) is 1. The number of morpholine rings is 1. The number of halogens is 1. The molecular weight excluding hydrogens is 402 g/mol. The summed E-state index contributed by atoms with van der Waals surface area (Å²) in [6.07, 6.45) is 3.39. The van der Waals surface area contributed by atoms with Gasteiger partial charge in [0.25, 0.3) is 5.91 Å². The molecule has 0 saturated carbocycles. The predicted octanol–water partition coefficient (Wildman–Crippen LogP) is 1.94. The number of ether oxygens (including phenoxy) is 1. The van der Waals surface area contributed by atoms with Gasteiger partial charge in [0.1, 0.15) is 0 Å². The molecule has 28 heavy (non-hydrogen) atoms. The van der Waals surface area contributed by atoms with Crippen molar-refractivity contribution in [3.05, 3.63) is 29.3 Å². The Morgan fingerprint density at radius 1 is 1.29 bits per heavy atom. The Morgan fingerprint density at radius 2 is 1.96 bits per heavy atom. The van der Waals surface area contributed by atoms with Gasteiger partial charge in [0, 0.05) is 31.2 Å². The minimum atomic E-state index is -3.66. The first-order valence-corrected chi connectivity index (χ1v) is 11.1. The maximum Gasteiger partial charge on any atom is 0.251 e. The lowest BCUT2D eigenvalue weighted by molar-refractivity contribution is 0.0730. The first kappa shape index (κ1) is 24.8. The molecule has 0 bridgehead atoms. The molecule has 0 aromatic heterocycles. The molecule has 0 radical (unpaired) electrons. The number of benzene rings is 1. The average molecular weight is 434 g/mol. The summed E-state index contributed by atoms with van der Waals surface area (Å²) in [5.41, 5.74) is 6.80. The first-order chi connectivity index (χ1) is 12.9. The number of sulfonamides is 1. The zero-order valence-corrected chi connectivity index (χ0v) is 18.3. The number of nitrogens with one attached hydrogen (secondary N) is 1. The van der Waals surface area contributed by atoms with Gasteiger partial charge in [-0.2, -0.15) is 4.31 Å². The molecule has 2 rings (SSSR count). The van der Waals surface area contributed by atoms with Crippen molar-refractivity contribution < 1.29 is 17.9 Å². The van der Waals surface area contributed by atoms with E-state index in [0.717, 1.165) is 19.3 Å². The predicted molar refractivity (Wildman–Crippen MR) is 112 cm³/mol. The van der Waals surface area contributed by atoms with Gasteiger partial charge in [-0.25, -0.2) is 8.42 Å². The molecule has 1 fully saturated rings. The zero-order chi connectivity index (χ0) is 19.9. The molecule has 1 aliphatic heterocycles. The summed E-state index contributed by atoms with van der Waals surface area (Å²) in [4.78, 5) is 12.8. The van der Waals surface area contributed by atoms with Crippen LogP contribution in [-0.4, -0.2) is 57.5 Å². The topological polar surface area (TPSA) is 102 Å². The fourth-order valence-corrected chi connectivity index (χ4v) is 4.85. The minimum Gasteiger partial charge on any atom is -0.379 e. The number of carbonyl (C=O) groups excluding carboxylic acids is 1. The summed E-state index contributed by atoms with van der Waals surface area (Å²) in [7, 11) is -3.66. The van der Waals surface area contributed by atoms with E-state index < -0.39 is 10.0 Å². The van der Waals surface area contributed by atoms with Gasteiger partial charge >= 0.3 is 0 Å². The maximum atomic E-state index is 13.1. The average Bonchev–Trinajstić information content (AvgIpc) is 2.71. The number of aryl methyl sites for hydroxylation is 1. The summed E-state index contributed by atoms with van der Waals surface area (Å²) in [6, 6.07) is 4.79. The molecule has 1 amide bonds. The van der Waals surface area contributed by atoms with Gasteiger partial charge in [0.15, 0.2) is 0 Å². The fourth-order valence-electron chi connectivity index (χ4n) is 3.12. The second-order valence-electron chi connectivity index (χ2n) is 6.74. The quantitative estimate of drug-likeness (QED) is 0.619. The molecule has 1 aromatic carbocycles. The van der Waals surface area contributed by atoms with Crippen LogP contribution < -0.4 is 11.1 Å². The van der Waals surface area contributed by atoms with E-state index in [-0.39, 0.29) is 29.3 Å². The zero-order valence-electron chi connectivity index (χ0n) is 16.6. The van der Waals surface area contributed by atoms with E-state index in [1.165, 1.54) is 10.4 Å². The second-order valence-corrected chi connectivity index (χ2v) is 8.65. The molecule has 7 nitrogen and oxygen atoms in total. The van der Waals surface area contributed by atoms with Gasteiger partial charge in [-0.15, -0.1) is 12.4 Å². The lowest BCUT2D eigenvalue weighted by Gasteiger charge is -2.27. The van der Waals surface area contributed by atoms with Crippen molar-refractivity contribution in [3.8, 4) is 0 Å². The molecule has 3 N–H and O–H groups in total. The Labute approximate surface area is 174 Å². The van der Waals surface area contributed by atoms with Crippen LogP contribution in [0.25, 0.3) is 0 Å². The third-order valence-corrected chi connectivity index (χ3v) is 6.80. The van der Waals surface area contributed by atoms with Crippen molar-refractivity contribution in [2.45, 2.75) is 50.5 Å². The van der Waals surface area contributed by atoms with Gasteiger partial charge in [0.05, 0.1) is 18.1 Å². The molecule has 1 saturated heterocycles. The Morgan fingerprint density at radius 3 is 2.54 bits per heavy atom. The third-order valence-electron chi connectivity index (χ3n) is 4.82. The van der Waals surface area contributed by atoms with Crippen molar-refractivity contribution in [2.75, 3.05) is 32.8 Å². The summed E-state index contributed by atoms with van der Waals surface area (Å²) in [6.45, 7) is 5.78. The van der Waals surface area contributed by atoms with Crippen LogP contribution in [0.5, 0.6) is 0 Å². The molecule has 1 unspecified atom stereocenters. The van der Waals surface area contributed by atoms with Crippen molar-refractivity contribution in [2.24, 2.45) is 5.73 Å².